The van der Waals surface area contributed by atoms with Crippen molar-refractivity contribution in [1.29, 1.82) is 5.26 Å². The van der Waals surface area contributed by atoms with Crippen LogP contribution in [-0.4, -0.2) is 32.0 Å². The van der Waals surface area contributed by atoms with E-state index in [1.807, 2.05) is 36.4 Å². The van der Waals surface area contributed by atoms with E-state index in [1.165, 1.54) is 7.11 Å². The molecular formula is C28H26N4O3. The molecule has 35 heavy (non-hydrogen) atoms. The van der Waals surface area contributed by atoms with Gasteiger partial charge in [-0.25, -0.2) is 4.90 Å². The van der Waals surface area contributed by atoms with E-state index in [2.05, 4.69) is 24.1 Å². The van der Waals surface area contributed by atoms with Crippen LogP contribution in [0.25, 0.3) is 5.57 Å². The van der Waals surface area contributed by atoms with E-state index in [9.17, 15) is 9.59 Å². The third kappa shape index (κ3) is 4.46. The number of para-hydroxylation sites is 1. The SMILES string of the molecule is CCN(CC)c1ccc(NC2=C(c3ccccc3OC)C(=O)N(c3ccc(C#N)cc3)C2=O)cc1. The smallest absolute Gasteiger partial charge is 0.282 e. The number of hydrogen-bond acceptors (Lipinski definition) is 6. The lowest BCUT2D eigenvalue weighted by atomic mass is 10.0. The Kier molecular flexibility index (Phi) is 6.83. The number of methoxy groups -OCH3 is 1. The fourth-order valence-corrected chi connectivity index (χ4v) is 4.15. The molecule has 0 fully saturated rings. The van der Waals surface area contributed by atoms with E-state index in [-0.39, 0.29) is 11.3 Å². The highest BCUT2D eigenvalue weighted by atomic mass is 16.5. The van der Waals surface area contributed by atoms with Crippen LogP contribution < -0.4 is 19.9 Å². The first-order valence-corrected chi connectivity index (χ1v) is 11.4. The fourth-order valence-electron chi connectivity index (χ4n) is 4.15. The van der Waals surface area contributed by atoms with E-state index in [4.69, 9.17) is 10.00 Å². The summed E-state index contributed by atoms with van der Waals surface area (Å²) in [6.07, 6.45) is 0. The topological polar surface area (TPSA) is 85.7 Å². The Bertz CT molecular complexity index is 1320. The van der Waals surface area contributed by atoms with Crippen LogP contribution in [0.1, 0.15) is 25.0 Å². The number of ether oxygens (including phenoxy) is 1. The summed E-state index contributed by atoms with van der Waals surface area (Å²) in [6.45, 7) is 5.97. The maximum absolute atomic E-state index is 13.6. The first-order chi connectivity index (χ1) is 17.0. The second-order valence-electron chi connectivity index (χ2n) is 7.90. The van der Waals surface area contributed by atoms with Crippen molar-refractivity contribution in [1.82, 2.24) is 0 Å². The number of imide groups is 1. The molecule has 0 bridgehead atoms. The largest absolute Gasteiger partial charge is 0.496 e. The number of nitriles is 1. The van der Waals surface area contributed by atoms with Gasteiger partial charge in [0, 0.05) is 30.0 Å². The van der Waals surface area contributed by atoms with Gasteiger partial charge in [0.1, 0.15) is 11.4 Å². The molecule has 0 aliphatic carbocycles. The number of nitrogens with one attached hydrogen (secondary N) is 1. The normalized spacial score (nSPS) is 13.1. The van der Waals surface area contributed by atoms with Crippen LogP contribution in [0.2, 0.25) is 0 Å². The molecule has 3 aromatic rings. The van der Waals surface area contributed by atoms with Crippen molar-refractivity contribution in [2.24, 2.45) is 0 Å². The first-order valence-electron chi connectivity index (χ1n) is 11.4. The second kappa shape index (κ2) is 10.1. The predicted octanol–water partition coefficient (Wildman–Crippen LogP) is 4.81. The van der Waals surface area contributed by atoms with Gasteiger partial charge < -0.3 is 15.0 Å². The summed E-state index contributed by atoms with van der Waals surface area (Å²) in [4.78, 5) is 30.6. The van der Waals surface area contributed by atoms with Crippen molar-refractivity contribution in [3.63, 3.8) is 0 Å². The Balaban J connectivity index is 1.77. The Morgan fingerprint density at radius 2 is 1.57 bits per heavy atom. The van der Waals surface area contributed by atoms with E-state index in [0.29, 0.717) is 28.3 Å². The lowest BCUT2D eigenvalue weighted by molar-refractivity contribution is -0.120. The van der Waals surface area contributed by atoms with Crippen molar-refractivity contribution >= 4 is 34.4 Å². The lowest BCUT2D eigenvalue weighted by Gasteiger charge is -2.21. The molecule has 4 rings (SSSR count). The van der Waals surface area contributed by atoms with Gasteiger partial charge in [-0.05, 0) is 68.4 Å². The van der Waals surface area contributed by atoms with Crippen LogP contribution in [0, 0.1) is 11.3 Å². The maximum atomic E-state index is 13.6. The molecule has 0 saturated carbocycles. The number of rotatable bonds is 8. The third-order valence-corrected chi connectivity index (χ3v) is 5.98. The average Bonchev–Trinajstić information content (AvgIpc) is 3.14. The van der Waals surface area contributed by atoms with Gasteiger partial charge in [0.15, 0.2) is 0 Å². The first kappa shape index (κ1) is 23.6. The van der Waals surface area contributed by atoms with Crippen LogP contribution in [-0.2, 0) is 9.59 Å². The minimum Gasteiger partial charge on any atom is -0.496 e. The van der Waals surface area contributed by atoms with Gasteiger partial charge in [-0.2, -0.15) is 5.26 Å². The number of anilines is 3. The molecule has 0 radical (unpaired) electrons. The van der Waals surface area contributed by atoms with Gasteiger partial charge in [-0.1, -0.05) is 18.2 Å². The summed E-state index contributed by atoms with van der Waals surface area (Å²) in [5.74, 6) is -0.457. The van der Waals surface area contributed by atoms with Gasteiger partial charge in [-0.15, -0.1) is 0 Å². The molecule has 0 spiro atoms. The van der Waals surface area contributed by atoms with Gasteiger partial charge in [0.05, 0.1) is 30.0 Å². The Morgan fingerprint density at radius 3 is 2.17 bits per heavy atom. The highest BCUT2D eigenvalue weighted by Gasteiger charge is 2.41. The summed E-state index contributed by atoms with van der Waals surface area (Å²) in [5, 5.41) is 12.3. The van der Waals surface area contributed by atoms with Crippen molar-refractivity contribution < 1.29 is 14.3 Å². The molecule has 0 atom stereocenters. The number of nitrogens with zero attached hydrogens (tertiary/aromatic N) is 3. The zero-order valence-electron chi connectivity index (χ0n) is 19.9. The van der Waals surface area contributed by atoms with Crippen LogP contribution in [0.3, 0.4) is 0 Å². The molecule has 0 saturated heterocycles. The highest BCUT2D eigenvalue weighted by molar-refractivity contribution is 6.46. The summed E-state index contributed by atoms with van der Waals surface area (Å²) in [7, 11) is 1.53. The minimum absolute atomic E-state index is 0.166. The van der Waals surface area contributed by atoms with Gasteiger partial charge in [-0.3, -0.25) is 9.59 Å². The molecule has 1 N–H and O–H groups in total. The number of carbonyl (C=O) groups excluding carboxylic acids is 2. The molecule has 7 nitrogen and oxygen atoms in total. The highest BCUT2D eigenvalue weighted by Crippen LogP contribution is 2.37. The van der Waals surface area contributed by atoms with Crippen molar-refractivity contribution in [2.45, 2.75) is 13.8 Å². The summed E-state index contributed by atoms with van der Waals surface area (Å²) in [6, 6.07) is 23.3. The molecule has 7 heteroatoms. The van der Waals surface area contributed by atoms with Crippen LogP contribution >= 0.6 is 0 Å². The minimum atomic E-state index is -0.478. The Hall–Kier alpha value is -4.57. The van der Waals surface area contributed by atoms with Crippen molar-refractivity contribution in [3.8, 4) is 11.8 Å². The maximum Gasteiger partial charge on any atom is 0.282 e. The quantitative estimate of drug-likeness (QED) is 0.480. The molecule has 1 heterocycles. The number of carbonyl (C=O) groups is 2. The number of benzene rings is 3. The van der Waals surface area contributed by atoms with E-state index < -0.39 is 11.8 Å². The fraction of sp³-hybridized carbons (Fsp3) is 0.179. The second-order valence-corrected chi connectivity index (χ2v) is 7.90. The molecule has 2 amide bonds. The van der Waals surface area contributed by atoms with Gasteiger partial charge >= 0.3 is 0 Å². The molecule has 0 unspecified atom stereocenters. The number of amides is 2. The van der Waals surface area contributed by atoms with Crippen LogP contribution in [0.4, 0.5) is 17.1 Å². The summed E-state index contributed by atoms with van der Waals surface area (Å²) >= 11 is 0. The monoisotopic (exact) mass is 466 g/mol. The van der Waals surface area contributed by atoms with E-state index in [1.54, 1.807) is 42.5 Å². The van der Waals surface area contributed by atoms with Crippen LogP contribution in [0.15, 0.2) is 78.5 Å². The summed E-state index contributed by atoms with van der Waals surface area (Å²) < 4.78 is 5.49. The zero-order chi connectivity index (χ0) is 24.9. The van der Waals surface area contributed by atoms with Gasteiger partial charge in [0.2, 0.25) is 0 Å². The lowest BCUT2D eigenvalue weighted by Crippen LogP contribution is -2.32. The Labute approximate surface area is 204 Å². The zero-order valence-corrected chi connectivity index (χ0v) is 19.9. The molecule has 0 aromatic heterocycles. The van der Waals surface area contributed by atoms with Gasteiger partial charge in [0.25, 0.3) is 11.8 Å². The number of hydrogen-bond donors (Lipinski definition) is 1. The summed E-state index contributed by atoms with van der Waals surface area (Å²) in [5.41, 5.74) is 3.51. The molecule has 1 aliphatic heterocycles. The van der Waals surface area contributed by atoms with E-state index >= 15 is 0 Å². The predicted molar refractivity (Wildman–Crippen MR) is 137 cm³/mol. The molecule has 3 aromatic carbocycles. The average molecular weight is 467 g/mol. The van der Waals surface area contributed by atoms with Crippen LogP contribution in [0.5, 0.6) is 5.75 Å². The molecule has 176 valence electrons. The van der Waals surface area contributed by atoms with Crippen molar-refractivity contribution in [3.05, 3.63) is 89.6 Å². The molecule has 1 aliphatic rings. The standard InChI is InChI=1S/C28H26N4O3/c1-4-31(5-2)21-16-12-20(13-17-21)30-26-25(23-8-6-7-9-24(23)35-3)27(33)32(28(26)34)22-14-10-19(18-29)11-15-22/h6-17,30H,4-5H2,1-3H3. The van der Waals surface area contributed by atoms with Crippen molar-refractivity contribution in [2.75, 3.05) is 35.3 Å². The van der Waals surface area contributed by atoms with E-state index in [0.717, 1.165) is 23.7 Å². The Morgan fingerprint density at radius 1 is 0.914 bits per heavy atom. The molecular weight excluding hydrogens is 440 g/mol. The third-order valence-electron chi connectivity index (χ3n) is 5.98.